The SMILES string of the molecule is CC(C)(C)OC(=O)/C=C/c1ccc2c(c1)C(C)(C)C(=O)N2C1CCC(=O)NC1=O. The smallest absolute Gasteiger partial charge is 0.331 e. The highest BCUT2D eigenvalue weighted by molar-refractivity contribution is 6.13. The Morgan fingerprint density at radius 2 is 1.93 bits per heavy atom. The summed E-state index contributed by atoms with van der Waals surface area (Å²) in [6, 6.07) is 4.71. The van der Waals surface area contributed by atoms with Gasteiger partial charge in [-0.05, 0) is 70.4 Å². The molecule has 7 heteroatoms. The molecule has 0 saturated carbocycles. The van der Waals surface area contributed by atoms with Crippen molar-refractivity contribution in [3.63, 3.8) is 0 Å². The second kappa shape index (κ2) is 7.13. The molecule has 3 amide bonds. The lowest BCUT2D eigenvalue weighted by atomic mass is 9.85. The molecule has 0 aromatic heterocycles. The van der Waals surface area contributed by atoms with E-state index in [1.165, 1.54) is 11.0 Å². The average molecular weight is 398 g/mol. The van der Waals surface area contributed by atoms with Crippen LogP contribution in [0, 0.1) is 0 Å². The third-order valence-corrected chi connectivity index (χ3v) is 5.05. The number of carbonyl (C=O) groups is 4. The number of hydrogen-bond acceptors (Lipinski definition) is 5. The normalized spacial score (nSPS) is 21.3. The molecule has 0 radical (unpaired) electrons. The summed E-state index contributed by atoms with van der Waals surface area (Å²) in [7, 11) is 0. The number of nitrogens with zero attached hydrogens (tertiary/aromatic N) is 1. The predicted molar refractivity (Wildman–Crippen MR) is 108 cm³/mol. The van der Waals surface area contributed by atoms with E-state index in [9.17, 15) is 19.2 Å². The van der Waals surface area contributed by atoms with Crippen molar-refractivity contribution >= 4 is 35.5 Å². The molecule has 0 bridgehead atoms. The summed E-state index contributed by atoms with van der Waals surface area (Å²) in [6.07, 6.45) is 3.50. The zero-order valence-corrected chi connectivity index (χ0v) is 17.4. The van der Waals surface area contributed by atoms with Crippen LogP contribution in [0.25, 0.3) is 6.08 Å². The largest absolute Gasteiger partial charge is 0.457 e. The van der Waals surface area contributed by atoms with Crippen molar-refractivity contribution in [2.45, 2.75) is 64.5 Å². The molecule has 7 nitrogen and oxygen atoms in total. The number of rotatable bonds is 3. The van der Waals surface area contributed by atoms with Gasteiger partial charge >= 0.3 is 5.97 Å². The van der Waals surface area contributed by atoms with Crippen molar-refractivity contribution in [3.8, 4) is 0 Å². The van der Waals surface area contributed by atoms with Crippen LogP contribution in [0.2, 0.25) is 0 Å². The molecule has 1 fully saturated rings. The topological polar surface area (TPSA) is 92.8 Å². The Hall–Kier alpha value is -2.96. The van der Waals surface area contributed by atoms with Crippen molar-refractivity contribution in [1.29, 1.82) is 0 Å². The zero-order valence-electron chi connectivity index (χ0n) is 17.4. The summed E-state index contributed by atoms with van der Waals surface area (Å²) < 4.78 is 5.27. The molecule has 3 rings (SSSR count). The van der Waals surface area contributed by atoms with E-state index in [4.69, 9.17) is 4.74 Å². The fraction of sp³-hybridized carbons (Fsp3) is 0.455. The number of imide groups is 1. The number of fused-ring (bicyclic) bond motifs is 1. The Balaban J connectivity index is 1.90. The summed E-state index contributed by atoms with van der Waals surface area (Å²) in [5, 5.41) is 2.31. The van der Waals surface area contributed by atoms with Crippen LogP contribution in [-0.4, -0.2) is 35.3 Å². The minimum absolute atomic E-state index is 0.185. The van der Waals surface area contributed by atoms with Gasteiger partial charge in [-0.15, -0.1) is 0 Å². The molecule has 1 saturated heterocycles. The van der Waals surface area contributed by atoms with Crippen LogP contribution >= 0.6 is 0 Å². The number of benzene rings is 1. The van der Waals surface area contributed by atoms with Crippen molar-refractivity contribution in [2.75, 3.05) is 4.90 Å². The summed E-state index contributed by atoms with van der Waals surface area (Å²) in [5.41, 5.74) is 0.784. The molecule has 2 aliphatic heterocycles. The van der Waals surface area contributed by atoms with E-state index in [0.29, 0.717) is 12.1 Å². The lowest BCUT2D eigenvalue weighted by Gasteiger charge is -2.31. The summed E-state index contributed by atoms with van der Waals surface area (Å²) >= 11 is 0. The quantitative estimate of drug-likeness (QED) is 0.480. The van der Waals surface area contributed by atoms with Crippen molar-refractivity contribution < 1.29 is 23.9 Å². The summed E-state index contributed by atoms with van der Waals surface area (Å²) in [6.45, 7) is 9.01. The molecule has 0 spiro atoms. The van der Waals surface area contributed by atoms with Gasteiger partial charge in [-0.3, -0.25) is 24.6 Å². The monoisotopic (exact) mass is 398 g/mol. The number of ether oxygens (including phenoxy) is 1. The van der Waals surface area contributed by atoms with Gasteiger partial charge in [-0.2, -0.15) is 0 Å². The second-order valence-electron chi connectivity index (χ2n) is 8.91. The zero-order chi connectivity index (χ0) is 21.6. The molecule has 1 N–H and O–H groups in total. The van der Waals surface area contributed by atoms with E-state index >= 15 is 0 Å². The first-order valence-corrected chi connectivity index (χ1v) is 9.63. The first-order valence-electron chi connectivity index (χ1n) is 9.63. The maximum Gasteiger partial charge on any atom is 0.331 e. The number of nitrogens with one attached hydrogen (secondary N) is 1. The number of hydrogen-bond donors (Lipinski definition) is 1. The maximum absolute atomic E-state index is 13.1. The van der Waals surface area contributed by atoms with Gasteiger partial charge in [-0.25, -0.2) is 4.79 Å². The van der Waals surface area contributed by atoms with Crippen LogP contribution in [0.1, 0.15) is 58.6 Å². The number of piperidine rings is 1. The molecule has 1 unspecified atom stereocenters. The Labute approximate surface area is 170 Å². The summed E-state index contributed by atoms with van der Waals surface area (Å²) in [4.78, 5) is 50.3. The van der Waals surface area contributed by atoms with Gasteiger partial charge in [-0.1, -0.05) is 6.07 Å². The number of anilines is 1. The van der Waals surface area contributed by atoms with Crippen LogP contribution in [0.3, 0.4) is 0 Å². The van der Waals surface area contributed by atoms with Gasteiger partial charge in [0, 0.05) is 18.2 Å². The van der Waals surface area contributed by atoms with Gasteiger partial charge in [0.1, 0.15) is 11.6 Å². The summed E-state index contributed by atoms with van der Waals surface area (Å²) in [5.74, 6) is -1.40. The Bertz CT molecular complexity index is 924. The molecular weight excluding hydrogens is 372 g/mol. The fourth-order valence-corrected chi connectivity index (χ4v) is 3.63. The standard InChI is InChI=1S/C22H26N2O5/c1-21(2,3)29-18(26)11-7-13-6-8-15-14(12-13)22(4,5)20(28)24(15)16-9-10-17(25)23-19(16)27/h6-8,11-12,16H,9-10H2,1-5H3,(H,23,25,27)/b11-7+. The lowest BCUT2D eigenvalue weighted by Crippen LogP contribution is -2.55. The Morgan fingerprint density at radius 3 is 2.55 bits per heavy atom. The highest BCUT2D eigenvalue weighted by Crippen LogP contribution is 2.44. The molecule has 1 aromatic rings. The molecule has 1 aromatic carbocycles. The van der Waals surface area contributed by atoms with E-state index < -0.39 is 28.9 Å². The van der Waals surface area contributed by atoms with Crippen molar-refractivity contribution in [2.24, 2.45) is 0 Å². The van der Waals surface area contributed by atoms with E-state index in [0.717, 1.165) is 11.1 Å². The van der Waals surface area contributed by atoms with Crippen LogP contribution < -0.4 is 10.2 Å². The maximum atomic E-state index is 13.1. The minimum atomic E-state index is -0.827. The van der Waals surface area contributed by atoms with Gasteiger partial charge in [0.25, 0.3) is 0 Å². The second-order valence-corrected chi connectivity index (χ2v) is 8.91. The minimum Gasteiger partial charge on any atom is -0.457 e. The average Bonchev–Trinajstić information content (AvgIpc) is 2.79. The molecule has 29 heavy (non-hydrogen) atoms. The van der Waals surface area contributed by atoms with Crippen LogP contribution in [0.4, 0.5) is 5.69 Å². The van der Waals surface area contributed by atoms with Gasteiger partial charge in [0.15, 0.2) is 0 Å². The molecule has 154 valence electrons. The van der Waals surface area contributed by atoms with Crippen molar-refractivity contribution in [3.05, 3.63) is 35.4 Å². The van der Waals surface area contributed by atoms with Crippen LogP contribution in [-0.2, 0) is 29.3 Å². The number of carbonyl (C=O) groups excluding carboxylic acids is 4. The Morgan fingerprint density at radius 1 is 1.24 bits per heavy atom. The number of esters is 1. The highest BCUT2D eigenvalue weighted by atomic mass is 16.6. The molecule has 0 aliphatic carbocycles. The van der Waals surface area contributed by atoms with Gasteiger partial charge in [0.05, 0.1) is 5.41 Å². The van der Waals surface area contributed by atoms with E-state index in [-0.39, 0.29) is 18.2 Å². The predicted octanol–water partition coefficient (Wildman–Crippen LogP) is 2.47. The van der Waals surface area contributed by atoms with E-state index in [2.05, 4.69) is 5.32 Å². The Kier molecular flexibility index (Phi) is 5.11. The van der Waals surface area contributed by atoms with Crippen molar-refractivity contribution in [1.82, 2.24) is 5.32 Å². The van der Waals surface area contributed by atoms with Crippen LogP contribution in [0.5, 0.6) is 0 Å². The lowest BCUT2D eigenvalue weighted by molar-refractivity contribution is -0.148. The molecule has 2 heterocycles. The number of amides is 3. The molecular formula is C22H26N2O5. The van der Waals surface area contributed by atoms with Gasteiger partial charge in [0.2, 0.25) is 17.7 Å². The molecule has 1 atom stereocenters. The van der Waals surface area contributed by atoms with E-state index in [1.54, 1.807) is 52.8 Å². The van der Waals surface area contributed by atoms with E-state index in [1.807, 2.05) is 6.07 Å². The third-order valence-electron chi connectivity index (χ3n) is 5.05. The fourth-order valence-electron chi connectivity index (χ4n) is 3.63. The third kappa shape index (κ3) is 4.09. The first-order chi connectivity index (χ1) is 13.4. The van der Waals surface area contributed by atoms with Crippen LogP contribution in [0.15, 0.2) is 24.3 Å². The first kappa shape index (κ1) is 20.8. The molecule has 2 aliphatic rings. The highest BCUT2D eigenvalue weighted by Gasteiger charge is 2.48. The van der Waals surface area contributed by atoms with Gasteiger partial charge < -0.3 is 4.74 Å².